The highest BCUT2D eigenvalue weighted by molar-refractivity contribution is 7.80. The Balaban J connectivity index is 2.26. The number of carboxylic acid groups (broad SMARTS) is 1. The van der Waals surface area contributed by atoms with Crippen LogP contribution in [-0.4, -0.2) is 75.5 Å². The Kier molecular flexibility index (Phi) is 13.2. The number of carbonyl (C=O) groups excluding carboxylic acids is 3. The second-order valence-electron chi connectivity index (χ2n) is 9.34. The molecule has 3 amide bonds. The number of carbonyl (C=O) groups is 4. The van der Waals surface area contributed by atoms with Crippen molar-refractivity contribution in [2.75, 3.05) is 12.3 Å². The highest BCUT2D eigenvalue weighted by Gasteiger charge is 2.30. The number of nitrogens with one attached hydrogen (secondary N) is 3. The van der Waals surface area contributed by atoms with Crippen LogP contribution < -0.4 is 27.4 Å². The van der Waals surface area contributed by atoms with Crippen LogP contribution in [0.25, 0.3) is 0 Å². The number of nitrogens with two attached hydrogens (primary N) is 2. The van der Waals surface area contributed by atoms with Crippen LogP contribution in [0, 0.1) is 0 Å². The first-order valence-corrected chi connectivity index (χ1v) is 13.4. The number of benzene rings is 2. The maximum absolute atomic E-state index is 13.4. The Bertz CT molecular complexity index is 1130. The zero-order valence-electron chi connectivity index (χ0n) is 22.0. The topological polar surface area (TPSA) is 217 Å². The molecule has 13 heteroatoms. The van der Waals surface area contributed by atoms with Crippen molar-refractivity contribution in [3.05, 3.63) is 59.7 Å². The largest absolute Gasteiger partial charge is 0.508 e. The lowest BCUT2D eigenvalue weighted by Gasteiger charge is -2.25. The summed E-state index contributed by atoms with van der Waals surface area (Å²) < 4.78 is 0. The zero-order valence-corrected chi connectivity index (χ0v) is 22.8. The van der Waals surface area contributed by atoms with Crippen molar-refractivity contribution in [3.63, 3.8) is 0 Å². The fourth-order valence-corrected chi connectivity index (χ4v) is 3.98. The predicted octanol–water partition coefficient (Wildman–Crippen LogP) is -0.192. The third-order valence-electron chi connectivity index (χ3n) is 6.11. The van der Waals surface area contributed by atoms with Crippen LogP contribution in [0.4, 0.5) is 0 Å². The Labute approximate surface area is 237 Å². The van der Waals surface area contributed by atoms with Crippen molar-refractivity contribution in [1.29, 1.82) is 0 Å². The van der Waals surface area contributed by atoms with E-state index >= 15 is 0 Å². The normalized spacial score (nSPS) is 13.9. The van der Waals surface area contributed by atoms with E-state index < -0.39 is 47.9 Å². The van der Waals surface area contributed by atoms with Gasteiger partial charge in [-0.25, -0.2) is 4.79 Å². The van der Waals surface area contributed by atoms with Crippen molar-refractivity contribution in [3.8, 4) is 11.5 Å². The minimum atomic E-state index is -1.33. The first-order chi connectivity index (χ1) is 19.0. The number of phenols is 2. The predicted molar refractivity (Wildman–Crippen MR) is 152 cm³/mol. The van der Waals surface area contributed by atoms with Crippen LogP contribution >= 0.6 is 12.6 Å². The molecule has 0 saturated heterocycles. The number of carboxylic acids is 1. The highest BCUT2D eigenvalue weighted by atomic mass is 32.1. The van der Waals surface area contributed by atoms with Crippen molar-refractivity contribution < 1.29 is 34.5 Å². The zero-order chi connectivity index (χ0) is 29.7. The Morgan fingerprint density at radius 1 is 0.725 bits per heavy atom. The van der Waals surface area contributed by atoms with Gasteiger partial charge >= 0.3 is 5.97 Å². The molecule has 0 saturated carbocycles. The number of hydrogen-bond acceptors (Lipinski definition) is 9. The molecule has 0 spiro atoms. The second-order valence-corrected chi connectivity index (χ2v) is 9.70. The molecule has 0 fully saturated rings. The molecule has 218 valence electrons. The molecule has 0 radical (unpaired) electrons. The summed E-state index contributed by atoms with van der Waals surface area (Å²) in [6.07, 6.45) is 1.27. The quantitative estimate of drug-likeness (QED) is 0.0955. The van der Waals surface area contributed by atoms with Crippen molar-refractivity contribution in [2.45, 2.75) is 56.3 Å². The van der Waals surface area contributed by atoms with Crippen molar-refractivity contribution in [1.82, 2.24) is 16.0 Å². The molecule has 2 aromatic rings. The Hall–Kier alpha value is -3.81. The molecule has 0 aliphatic carbocycles. The van der Waals surface area contributed by atoms with Gasteiger partial charge in [0.25, 0.3) is 0 Å². The molecule has 2 rings (SSSR count). The summed E-state index contributed by atoms with van der Waals surface area (Å²) >= 11 is 4.01. The van der Waals surface area contributed by atoms with Gasteiger partial charge in [-0.2, -0.15) is 12.6 Å². The average Bonchev–Trinajstić information content (AvgIpc) is 2.93. The third kappa shape index (κ3) is 10.8. The molecule has 4 atom stereocenters. The van der Waals surface area contributed by atoms with Gasteiger partial charge in [0.1, 0.15) is 29.6 Å². The number of thiol groups is 1. The summed E-state index contributed by atoms with van der Waals surface area (Å²) in [6, 6.07) is 7.36. The lowest BCUT2D eigenvalue weighted by atomic mass is 10.0. The molecule has 40 heavy (non-hydrogen) atoms. The summed E-state index contributed by atoms with van der Waals surface area (Å²) in [5.74, 6) is -3.19. The van der Waals surface area contributed by atoms with Gasteiger partial charge in [0, 0.05) is 18.6 Å². The molecule has 0 aromatic heterocycles. The van der Waals surface area contributed by atoms with Crippen molar-refractivity contribution in [2.24, 2.45) is 11.5 Å². The molecule has 12 nitrogen and oxygen atoms in total. The smallest absolute Gasteiger partial charge is 0.326 e. The summed E-state index contributed by atoms with van der Waals surface area (Å²) in [6.45, 7) is 0.391. The molecule has 2 aromatic carbocycles. The lowest BCUT2D eigenvalue weighted by molar-refractivity contribution is -0.142. The Morgan fingerprint density at radius 3 is 1.65 bits per heavy atom. The number of amides is 3. The molecule has 0 bridgehead atoms. The van der Waals surface area contributed by atoms with E-state index in [0.717, 1.165) is 0 Å². The molecule has 0 heterocycles. The summed E-state index contributed by atoms with van der Waals surface area (Å²) in [4.78, 5) is 51.0. The molecule has 4 unspecified atom stereocenters. The van der Waals surface area contributed by atoms with Crippen LogP contribution in [-0.2, 0) is 32.0 Å². The van der Waals surface area contributed by atoms with Gasteiger partial charge in [-0.1, -0.05) is 24.3 Å². The molecular formula is C27H37N5O7S. The second kappa shape index (κ2) is 16.3. The fraction of sp³-hybridized carbons (Fsp3) is 0.407. The van der Waals surface area contributed by atoms with Crippen LogP contribution in [0.5, 0.6) is 11.5 Å². The monoisotopic (exact) mass is 575 g/mol. The standard InChI is InChI=1S/C27H37N5O7S/c28-12-2-1-3-21(30-24(35)20(29)15-40)25(36)31-22(13-16-4-8-18(33)9-5-16)26(37)32-23(27(38)39)14-17-6-10-19(34)11-7-17/h4-11,20-23,33-34,40H,1-3,12-15,28-29H2,(H,30,35)(H,31,36)(H,32,37)(H,38,39). The van der Waals surface area contributed by atoms with Crippen LogP contribution in [0.1, 0.15) is 30.4 Å². The number of phenolic OH excluding ortho intramolecular Hbond substituents is 2. The van der Waals surface area contributed by atoms with Crippen molar-refractivity contribution >= 4 is 36.3 Å². The fourth-order valence-electron chi connectivity index (χ4n) is 3.81. The van der Waals surface area contributed by atoms with E-state index in [4.69, 9.17) is 11.5 Å². The lowest BCUT2D eigenvalue weighted by Crippen LogP contribution is -2.58. The maximum atomic E-state index is 13.4. The number of rotatable bonds is 16. The van der Waals surface area contributed by atoms with E-state index in [1.165, 1.54) is 36.4 Å². The van der Waals surface area contributed by atoms with Crippen LogP contribution in [0.2, 0.25) is 0 Å². The van der Waals surface area contributed by atoms with E-state index in [9.17, 15) is 34.5 Å². The van der Waals surface area contributed by atoms with Crippen LogP contribution in [0.15, 0.2) is 48.5 Å². The van der Waals surface area contributed by atoms with E-state index in [0.29, 0.717) is 30.5 Å². The van der Waals surface area contributed by atoms with Gasteiger partial charge < -0.3 is 42.7 Å². The first kappa shape index (κ1) is 32.4. The number of aliphatic carboxylic acids is 1. The van der Waals surface area contributed by atoms with Crippen LogP contribution in [0.3, 0.4) is 0 Å². The molecular weight excluding hydrogens is 538 g/mol. The van der Waals surface area contributed by atoms with E-state index in [-0.39, 0.29) is 36.5 Å². The van der Waals surface area contributed by atoms with Gasteiger partial charge in [0.05, 0.1) is 6.04 Å². The van der Waals surface area contributed by atoms with E-state index in [1.54, 1.807) is 12.1 Å². The highest BCUT2D eigenvalue weighted by Crippen LogP contribution is 2.14. The van der Waals surface area contributed by atoms with Gasteiger partial charge in [-0.05, 0) is 61.2 Å². The number of hydrogen-bond donors (Lipinski definition) is 9. The third-order valence-corrected chi connectivity index (χ3v) is 6.51. The van der Waals surface area contributed by atoms with Gasteiger partial charge in [0.15, 0.2) is 0 Å². The van der Waals surface area contributed by atoms with Gasteiger partial charge in [-0.3, -0.25) is 14.4 Å². The van der Waals surface area contributed by atoms with E-state index in [1.807, 2.05) is 0 Å². The summed E-state index contributed by atoms with van der Waals surface area (Å²) in [5.41, 5.74) is 12.5. The minimum Gasteiger partial charge on any atom is -0.508 e. The van der Waals surface area contributed by atoms with Gasteiger partial charge in [-0.15, -0.1) is 0 Å². The summed E-state index contributed by atoms with van der Waals surface area (Å²) in [7, 11) is 0. The SMILES string of the molecule is NCCCCC(NC(=O)C(N)CS)C(=O)NC(Cc1ccc(O)cc1)C(=O)NC(Cc1ccc(O)cc1)C(=O)O. The van der Waals surface area contributed by atoms with E-state index in [2.05, 4.69) is 28.6 Å². The minimum absolute atomic E-state index is 0.0110. The molecule has 0 aliphatic rings. The molecule has 10 N–H and O–H groups in total. The summed E-state index contributed by atoms with van der Waals surface area (Å²) in [5, 5.41) is 36.6. The van der Waals surface area contributed by atoms with Gasteiger partial charge in [0.2, 0.25) is 17.7 Å². The molecule has 0 aliphatic heterocycles. The maximum Gasteiger partial charge on any atom is 0.326 e. The Morgan fingerprint density at radius 2 is 1.18 bits per heavy atom. The number of unbranched alkanes of at least 4 members (excludes halogenated alkanes) is 1. The first-order valence-electron chi connectivity index (χ1n) is 12.8. The average molecular weight is 576 g/mol. The number of aromatic hydroxyl groups is 2.